The van der Waals surface area contributed by atoms with E-state index in [-0.39, 0.29) is 24.3 Å². The highest BCUT2D eigenvalue weighted by Crippen LogP contribution is 2.29. The largest absolute Gasteiger partial charge is 0.355 e. The smallest absolute Gasteiger partial charge is 0.251 e. The van der Waals surface area contributed by atoms with Crippen LogP contribution in [0.1, 0.15) is 22.8 Å². The Morgan fingerprint density at radius 3 is 2.54 bits per heavy atom. The highest BCUT2D eigenvalue weighted by Gasteiger charge is 2.31. The van der Waals surface area contributed by atoms with Crippen LogP contribution in [0.5, 0.6) is 0 Å². The lowest BCUT2D eigenvalue weighted by Crippen LogP contribution is -2.50. The standard InChI is InChI=1S/C21H24N4O3/c1-14(24(3)12-15-8-10-16(11-9-15)20(27)22-2)21(28)25-13-19(26)23-17-6-4-5-7-18(17)25/h4-11,14H,12-13H2,1-3H3,(H,22,27)(H,23,26)/t14-/m1/s1. The first-order valence-corrected chi connectivity index (χ1v) is 9.12. The summed E-state index contributed by atoms with van der Waals surface area (Å²) in [5.41, 5.74) is 2.94. The number of benzene rings is 2. The molecule has 0 bridgehead atoms. The summed E-state index contributed by atoms with van der Waals surface area (Å²) in [5.74, 6) is -0.469. The van der Waals surface area contributed by atoms with E-state index < -0.39 is 6.04 Å². The second-order valence-corrected chi connectivity index (χ2v) is 6.86. The molecule has 0 spiro atoms. The van der Waals surface area contributed by atoms with Gasteiger partial charge in [0.2, 0.25) is 11.8 Å². The van der Waals surface area contributed by atoms with Crippen molar-refractivity contribution < 1.29 is 14.4 Å². The third kappa shape index (κ3) is 4.04. The van der Waals surface area contributed by atoms with E-state index in [4.69, 9.17) is 0 Å². The Hall–Kier alpha value is -3.19. The van der Waals surface area contributed by atoms with Gasteiger partial charge in [-0.2, -0.15) is 0 Å². The molecule has 2 N–H and O–H groups in total. The van der Waals surface area contributed by atoms with Gasteiger partial charge in [0.1, 0.15) is 6.54 Å². The lowest BCUT2D eigenvalue weighted by molar-refractivity contribution is -0.125. The molecule has 3 rings (SSSR count). The van der Waals surface area contributed by atoms with Crippen LogP contribution in [0, 0.1) is 0 Å². The number of para-hydroxylation sites is 2. The van der Waals surface area contributed by atoms with Gasteiger partial charge in [0.05, 0.1) is 17.4 Å². The van der Waals surface area contributed by atoms with Gasteiger partial charge < -0.3 is 10.6 Å². The van der Waals surface area contributed by atoms with Crippen LogP contribution < -0.4 is 15.5 Å². The lowest BCUT2D eigenvalue weighted by atomic mass is 10.1. The van der Waals surface area contributed by atoms with Crippen LogP contribution in [0.3, 0.4) is 0 Å². The van der Waals surface area contributed by atoms with Gasteiger partial charge in [-0.25, -0.2) is 0 Å². The number of hydrogen-bond donors (Lipinski definition) is 2. The number of likely N-dealkylation sites (N-methyl/N-ethyl adjacent to an activating group) is 1. The maximum absolute atomic E-state index is 13.1. The number of nitrogens with one attached hydrogen (secondary N) is 2. The zero-order chi connectivity index (χ0) is 20.3. The molecule has 7 nitrogen and oxygen atoms in total. The van der Waals surface area contributed by atoms with Gasteiger partial charge in [0.25, 0.3) is 5.91 Å². The van der Waals surface area contributed by atoms with E-state index in [1.165, 1.54) is 4.90 Å². The molecule has 0 radical (unpaired) electrons. The van der Waals surface area contributed by atoms with Crippen molar-refractivity contribution in [2.75, 3.05) is 30.9 Å². The monoisotopic (exact) mass is 380 g/mol. The Kier molecular flexibility index (Phi) is 5.75. The summed E-state index contributed by atoms with van der Waals surface area (Å²) in [6.07, 6.45) is 0. The first-order valence-electron chi connectivity index (χ1n) is 9.12. The summed E-state index contributed by atoms with van der Waals surface area (Å²) in [5, 5.41) is 5.38. The second kappa shape index (κ2) is 8.22. The molecule has 146 valence electrons. The fraction of sp³-hybridized carbons (Fsp3) is 0.286. The van der Waals surface area contributed by atoms with Crippen molar-refractivity contribution in [2.45, 2.75) is 19.5 Å². The first-order chi connectivity index (χ1) is 13.4. The Balaban J connectivity index is 1.71. The van der Waals surface area contributed by atoms with Crippen LogP contribution >= 0.6 is 0 Å². The van der Waals surface area contributed by atoms with Gasteiger partial charge in [-0.05, 0) is 43.8 Å². The Morgan fingerprint density at radius 1 is 1.18 bits per heavy atom. The summed E-state index contributed by atoms with van der Waals surface area (Å²) in [6, 6.07) is 14.1. The number of amides is 3. The molecule has 0 fully saturated rings. The third-order valence-electron chi connectivity index (χ3n) is 4.93. The molecule has 0 unspecified atom stereocenters. The number of nitrogens with zero attached hydrogens (tertiary/aromatic N) is 2. The molecule has 1 atom stereocenters. The normalized spacial score (nSPS) is 14.3. The van der Waals surface area contributed by atoms with Gasteiger partial charge in [-0.15, -0.1) is 0 Å². The van der Waals surface area contributed by atoms with Gasteiger partial charge >= 0.3 is 0 Å². The summed E-state index contributed by atoms with van der Waals surface area (Å²) in [4.78, 5) is 40.2. The summed E-state index contributed by atoms with van der Waals surface area (Å²) in [6.45, 7) is 2.38. The average molecular weight is 380 g/mol. The Bertz CT molecular complexity index is 895. The van der Waals surface area contributed by atoms with Crippen LogP contribution in [0.15, 0.2) is 48.5 Å². The summed E-state index contributed by atoms with van der Waals surface area (Å²) >= 11 is 0. The molecule has 2 aromatic carbocycles. The fourth-order valence-corrected chi connectivity index (χ4v) is 3.17. The third-order valence-corrected chi connectivity index (χ3v) is 4.93. The highest BCUT2D eigenvalue weighted by atomic mass is 16.2. The average Bonchev–Trinajstić information content (AvgIpc) is 2.71. The number of rotatable bonds is 5. The van der Waals surface area contributed by atoms with Crippen LogP contribution in [0.4, 0.5) is 11.4 Å². The van der Waals surface area contributed by atoms with E-state index in [2.05, 4.69) is 10.6 Å². The first kappa shape index (κ1) is 19.6. The molecule has 1 aliphatic rings. The number of anilines is 2. The van der Waals surface area contributed by atoms with Crippen molar-refractivity contribution in [2.24, 2.45) is 0 Å². The molecule has 1 aliphatic heterocycles. The number of hydrogen-bond acceptors (Lipinski definition) is 4. The van der Waals surface area contributed by atoms with E-state index >= 15 is 0 Å². The lowest BCUT2D eigenvalue weighted by Gasteiger charge is -2.33. The van der Waals surface area contributed by atoms with Gasteiger partial charge in [0.15, 0.2) is 0 Å². The SMILES string of the molecule is CNC(=O)c1ccc(CN(C)[C@H](C)C(=O)N2CC(=O)Nc3ccccc32)cc1. The van der Waals surface area contributed by atoms with Crippen LogP contribution in [0.2, 0.25) is 0 Å². The molecule has 2 aromatic rings. The molecule has 28 heavy (non-hydrogen) atoms. The van der Waals surface area contributed by atoms with Gasteiger partial charge in [0, 0.05) is 19.2 Å². The highest BCUT2D eigenvalue weighted by molar-refractivity contribution is 6.11. The molecule has 1 heterocycles. The van der Waals surface area contributed by atoms with Crippen molar-refractivity contribution in [3.05, 3.63) is 59.7 Å². The molecular formula is C21H24N4O3. The number of fused-ring (bicyclic) bond motifs is 1. The number of carbonyl (C=O) groups is 3. The van der Waals surface area contributed by atoms with Crippen LogP contribution in [-0.4, -0.2) is 49.3 Å². The molecule has 0 aromatic heterocycles. The van der Waals surface area contributed by atoms with E-state index in [9.17, 15) is 14.4 Å². The molecule has 7 heteroatoms. The quantitative estimate of drug-likeness (QED) is 0.830. The molecule has 0 saturated carbocycles. The van der Waals surface area contributed by atoms with Crippen LogP contribution in [-0.2, 0) is 16.1 Å². The predicted molar refractivity (Wildman–Crippen MR) is 108 cm³/mol. The minimum absolute atomic E-state index is 0.00878. The molecular weight excluding hydrogens is 356 g/mol. The predicted octanol–water partition coefficient (Wildman–Crippen LogP) is 1.85. The maximum atomic E-state index is 13.1. The zero-order valence-electron chi connectivity index (χ0n) is 16.2. The molecule has 0 aliphatic carbocycles. The van der Waals surface area contributed by atoms with E-state index in [0.717, 1.165) is 5.56 Å². The molecule has 3 amide bonds. The topological polar surface area (TPSA) is 81.8 Å². The Labute approximate surface area is 164 Å². The van der Waals surface area contributed by atoms with Crippen molar-refractivity contribution in [3.63, 3.8) is 0 Å². The van der Waals surface area contributed by atoms with Gasteiger partial charge in [-0.3, -0.25) is 24.2 Å². The molecule has 0 saturated heterocycles. The Morgan fingerprint density at radius 2 is 1.86 bits per heavy atom. The zero-order valence-corrected chi connectivity index (χ0v) is 16.2. The van der Waals surface area contributed by atoms with Crippen molar-refractivity contribution >= 4 is 29.1 Å². The van der Waals surface area contributed by atoms with Crippen molar-refractivity contribution in [3.8, 4) is 0 Å². The van der Waals surface area contributed by atoms with E-state index in [1.54, 1.807) is 25.2 Å². The number of carbonyl (C=O) groups excluding carboxylic acids is 3. The minimum atomic E-state index is -0.419. The minimum Gasteiger partial charge on any atom is -0.355 e. The fourth-order valence-electron chi connectivity index (χ4n) is 3.17. The van der Waals surface area contributed by atoms with Crippen molar-refractivity contribution in [1.29, 1.82) is 0 Å². The van der Waals surface area contributed by atoms with Crippen LogP contribution in [0.25, 0.3) is 0 Å². The van der Waals surface area contributed by atoms with Crippen molar-refractivity contribution in [1.82, 2.24) is 10.2 Å². The van der Waals surface area contributed by atoms with E-state index in [0.29, 0.717) is 23.5 Å². The maximum Gasteiger partial charge on any atom is 0.251 e. The van der Waals surface area contributed by atoms with E-state index in [1.807, 2.05) is 49.2 Å². The summed E-state index contributed by atoms with van der Waals surface area (Å²) in [7, 11) is 3.46. The van der Waals surface area contributed by atoms with Gasteiger partial charge in [-0.1, -0.05) is 24.3 Å². The summed E-state index contributed by atoms with van der Waals surface area (Å²) < 4.78 is 0. The second-order valence-electron chi connectivity index (χ2n) is 6.86.